The van der Waals surface area contributed by atoms with Crippen molar-refractivity contribution in [1.29, 1.82) is 0 Å². The van der Waals surface area contributed by atoms with Crippen molar-refractivity contribution in [3.8, 4) is 0 Å². The van der Waals surface area contributed by atoms with E-state index in [1.54, 1.807) is 4.90 Å². The fourth-order valence-electron chi connectivity index (χ4n) is 3.49. The van der Waals surface area contributed by atoms with Gasteiger partial charge in [-0.2, -0.15) is 0 Å². The molecule has 0 N–H and O–H groups in total. The first-order valence-corrected chi connectivity index (χ1v) is 10.7. The molecule has 0 aromatic carbocycles. The Hall–Kier alpha value is -1.07. The quantitative estimate of drug-likeness (QED) is 0.341. The molecule has 0 unspecified atom stereocenters. The summed E-state index contributed by atoms with van der Waals surface area (Å²) in [4.78, 5) is 16.2. The lowest BCUT2D eigenvalue weighted by molar-refractivity contribution is 0.00679. The molecule has 1 fully saturated rings. The van der Waals surface area contributed by atoms with Crippen molar-refractivity contribution in [2.24, 2.45) is 5.92 Å². The Balaban J connectivity index is 2.05. The lowest BCUT2D eigenvalue weighted by Crippen LogP contribution is -2.41. The molecule has 0 bridgehead atoms. The average molecular weight is 383 g/mol. The van der Waals surface area contributed by atoms with E-state index >= 15 is 0 Å². The van der Waals surface area contributed by atoms with E-state index in [4.69, 9.17) is 9.47 Å². The van der Waals surface area contributed by atoms with Crippen LogP contribution in [-0.4, -0.2) is 68.4 Å². The van der Waals surface area contributed by atoms with Gasteiger partial charge in [-0.3, -0.25) is 0 Å². The third-order valence-electron chi connectivity index (χ3n) is 5.25. The zero-order valence-electron chi connectivity index (χ0n) is 18.1. The van der Waals surface area contributed by atoms with Gasteiger partial charge in [-0.05, 0) is 58.0 Å². The number of rotatable bonds is 13. The van der Waals surface area contributed by atoms with Gasteiger partial charge in [-0.15, -0.1) is 6.58 Å². The molecule has 1 aliphatic rings. The van der Waals surface area contributed by atoms with E-state index in [-0.39, 0.29) is 12.1 Å². The molecule has 0 radical (unpaired) electrons. The van der Waals surface area contributed by atoms with Crippen LogP contribution in [0.3, 0.4) is 0 Å². The van der Waals surface area contributed by atoms with Crippen LogP contribution >= 0.6 is 0 Å². The highest BCUT2D eigenvalue weighted by Gasteiger charge is 2.27. The van der Waals surface area contributed by atoms with Crippen molar-refractivity contribution in [1.82, 2.24) is 9.80 Å². The number of hydrogen-bond donors (Lipinski definition) is 0. The van der Waals surface area contributed by atoms with Crippen molar-refractivity contribution < 1.29 is 14.3 Å². The highest BCUT2D eigenvalue weighted by Crippen LogP contribution is 2.25. The number of amides is 1. The Labute approximate surface area is 167 Å². The van der Waals surface area contributed by atoms with Gasteiger partial charge < -0.3 is 19.3 Å². The molecule has 0 aromatic rings. The van der Waals surface area contributed by atoms with E-state index in [1.807, 2.05) is 13.1 Å². The van der Waals surface area contributed by atoms with Crippen molar-refractivity contribution in [2.75, 3.05) is 40.4 Å². The summed E-state index contributed by atoms with van der Waals surface area (Å²) in [7, 11) is 4.00. The molecule has 1 aliphatic carbocycles. The molecule has 0 atom stereocenters. The second-order valence-electron chi connectivity index (χ2n) is 8.35. The minimum atomic E-state index is -0.188. The van der Waals surface area contributed by atoms with Crippen LogP contribution in [0.4, 0.5) is 4.79 Å². The molecule has 1 rings (SSSR count). The molecule has 5 heteroatoms. The molecular weight excluding hydrogens is 340 g/mol. The van der Waals surface area contributed by atoms with Gasteiger partial charge in [0.15, 0.2) is 0 Å². The van der Waals surface area contributed by atoms with Gasteiger partial charge in [0.1, 0.15) is 0 Å². The van der Waals surface area contributed by atoms with E-state index in [0.29, 0.717) is 18.6 Å². The Bertz CT molecular complexity index is 406. The maximum absolute atomic E-state index is 12.1. The fourth-order valence-corrected chi connectivity index (χ4v) is 3.49. The summed E-state index contributed by atoms with van der Waals surface area (Å²) in [5, 5.41) is 0. The number of hydrogen-bond acceptors (Lipinski definition) is 4. The minimum Gasteiger partial charge on any atom is -0.449 e. The SMILES string of the molecule is C=CCN(C)CCCCCCOC1CCC(N(C)C(=O)OCC(C)C)CC1. The zero-order valence-corrected chi connectivity index (χ0v) is 18.1. The summed E-state index contributed by atoms with van der Waals surface area (Å²) < 4.78 is 11.4. The first-order valence-electron chi connectivity index (χ1n) is 10.7. The van der Waals surface area contributed by atoms with Gasteiger partial charge in [0, 0.05) is 26.2 Å². The standard InChI is InChI=1S/C22H42N2O3/c1-6-15-23(4)16-9-7-8-10-17-26-21-13-11-20(12-14-21)24(5)22(25)27-18-19(2)3/h6,19-21H,1,7-18H2,2-5H3. The summed E-state index contributed by atoms with van der Waals surface area (Å²) in [5.41, 5.74) is 0. The third kappa shape index (κ3) is 10.7. The number of unbranched alkanes of at least 4 members (excludes halogenated alkanes) is 3. The molecule has 0 saturated heterocycles. The molecule has 27 heavy (non-hydrogen) atoms. The van der Waals surface area contributed by atoms with Gasteiger partial charge in [0.25, 0.3) is 0 Å². The molecule has 0 aliphatic heterocycles. The average Bonchev–Trinajstić information content (AvgIpc) is 2.65. The zero-order chi connectivity index (χ0) is 20.1. The molecule has 158 valence electrons. The van der Waals surface area contributed by atoms with Crippen molar-refractivity contribution >= 4 is 6.09 Å². The molecule has 1 amide bonds. The molecule has 1 saturated carbocycles. The summed E-state index contributed by atoms with van der Waals surface area (Å²) in [6.07, 6.45) is 11.1. The normalized spacial score (nSPS) is 20.1. The van der Waals surface area contributed by atoms with Crippen LogP contribution in [0.25, 0.3) is 0 Å². The van der Waals surface area contributed by atoms with Crippen LogP contribution in [0, 0.1) is 5.92 Å². The smallest absolute Gasteiger partial charge is 0.409 e. The second kappa shape index (κ2) is 14.0. The Kier molecular flexibility index (Phi) is 12.4. The predicted molar refractivity (Wildman–Crippen MR) is 112 cm³/mol. The predicted octanol–water partition coefficient (Wildman–Crippen LogP) is 4.72. The van der Waals surface area contributed by atoms with Crippen LogP contribution in [0.15, 0.2) is 12.7 Å². The van der Waals surface area contributed by atoms with E-state index in [9.17, 15) is 4.79 Å². The number of carbonyl (C=O) groups is 1. The van der Waals surface area contributed by atoms with Crippen molar-refractivity contribution in [3.05, 3.63) is 12.7 Å². The fraction of sp³-hybridized carbons (Fsp3) is 0.864. The van der Waals surface area contributed by atoms with Crippen molar-refractivity contribution in [2.45, 2.75) is 77.4 Å². The van der Waals surface area contributed by atoms with Gasteiger partial charge in [0.05, 0.1) is 12.7 Å². The Morgan fingerprint density at radius 1 is 1.11 bits per heavy atom. The van der Waals surface area contributed by atoms with Crippen LogP contribution < -0.4 is 0 Å². The van der Waals surface area contributed by atoms with Crippen LogP contribution in [0.2, 0.25) is 0 Å². The first-order chi connectivity index (χ1) is 12.9. The Morgan fingerprint density at radius 2 is 1.78 bits per heavy atom. The highest BCUT2D eigenvalue weighted by atomic mass is 16.6. The number of likely N-dealkylation sites (N-methyl/N-ethyl adjacent to an activating group) is 1. The number of ether oxygens (including phenoxy) is 2. The maximum Gasteiger partial charge on any atom is 0.409 e. The molecular formula is C22H42N2O3. The monoisotopic (exact) mass is 382 g/mol. The number of nitrogens with zero attached hydrogens (tertiary/aromatic N) is 2. The highest BCUT2D eigenvalue weighted by molar-refractivity contribution is 5.67. The van der Waals surface area contributed by atoms with E-state index in [2.05, 4.69) is 32.4 Å². The van der Waals surface area contributed by atoms with Crippen LogP contribution in [-0.2, 0) is 9.47 Å². The summed E-state index contributed by atoms with van der Waals surface area (Å²) >= 11 is 0. The van der Waals surface area contributed by atoms with E-state index in [1.165, 1.54) is 19.3 Å². The van der Waals surface area contributed by atoms with Gasteiger partial charge in [-0.25, -0.2) is 4.79 Å². The van der Waals surface area contributed by atoms with Crippen LogP contribution in [0.5, 0.6) is 0 Å². The van der Waals surface area contributed by atoms with Crippen LogP contribution in [0.1, 0.15) is 65.2 Å². The van der Waals surface area contributed by atoms with Gasteiger partial charge in [0.2, 0.25) is 0 Å². The first kappa shape index (κ1) is 24.0. The summed E-state index contributed by atoms with van der Waals surface area (Å²) in [5.74, 6) is 0.375. The number of carbonyl (C=O) groups excluding carboxylic acids is 1. The lowest BCUT2D eigenvalue weighted by atomic mass is 9.92. The van der Waals surface area contributed by atoms with Gasteiger partial charge >= 0.3 is 6.09 Å². The van der Waals surface area contributed by atoms with E-state index < -0.39 is 0 Å². The summed E-state index contributed by atoms with van der Waals surface area (Å²) in [6.45, 7) is 11.3. The van der Waals surface area contributed by atoms with Gasteiger partial charge in [-0.1, -0.05) is 32.8 Å². The summed E-state index contributed by atoms with van der Waals surface area (Å²) in [6, 6.07) is 0.289. The third-order valence-corrected chi connectivity index (χ3v) is 5.25. The largest absolute Gasteiger partial charge is 0.449 e. The topological polar surface area (TPSA) is 42.0 Å². The molecule has 0 spiro atoms. The lowest BCUT2D eigenvalue weighted by Gasteiger charge is -2.34. The molecule has 0 heterocycles. The van der Waals surface area contributed by atoms with E-state index in [0.717, 1.165) is 51.8 Å². The Morgan fingerprint density at radius 3 is 2.41 bits per heavy atom. The molecule has 0 aromatic heterocycles. The van der Waals surface area contributed by atoms with Crippen molar-refractivity contribution in [3.63, 3.8) is 0 Å². The molecule has 5 nitrogen and oxygen atoms in total. The second-order valence-corrected chi connectivity index (χ2v) is 8.35. The maximum atomic E-state index is 12.1. The minimum absolute atomic E-state index is 0.188.